The molecule has 3 aromatic rings. The van der Waals surface area contributed by atoms with E-state index in [9.17, 15) is 28.0 Å². The summed E-state index contributed by atoms with van der Waals surface area (Å²) in [5.74, 6) is 0.387. The highest BCUT2D eigenvalue weighted by Gasteiger charge is 2.43. The van der Waals surface area contributed by atoms with Gasteiger partial charge < -0.3 is 9.22 Å². The van der Waals surface area contributed by atoms with Crippen LogP contribution in [0.25, 0.3) is 0 Å². The highest BCUT2D eigenvalue weighted by Crippen LogP contribution is 2.44. The number of alkyl halides is 3. The van der Waals surface area contributed by atoms with Gasteiger partial charge in [0.25, 0.3) is 0 Å². The Morgan fingerprint density at radius 1 is 1.18 bits per heavy atom. The Labute approximate surface area is 259 Å². The molecule has 0 amide bonds. The van der Waals surface area contributed by atoms with Crippen LogP contribution in [0.1, 0.15) is 61.4 Å². The minimum absolute atomic E-state index is 0.0346. The van der Waals surface area contributed by atoms with Crippen LogP contribution in [0, 0.1) is 23.2 Å². The third-order valence-corrected chi connectivity index (χ3v) is 9.85. The third kappa shape index (κ3) is 5.54. The first-order chi connectivity index (χ1) is 21.4. The molecule has 1 unspecified atom stereocenters. The standard InChI is InChI=1S/C33H35F3N6O3/c1-20(19-42-12-9-22(10-13-42)11-14-42)15-24-16-23(18-37)7-8-27(24)29-28(30(43)45-3)21(2)40(31-38-39-32(44)41(29)31)26-6-4-5-25(17-26)33(34,35)36/h4-8,16-17,20,22,29H,9-15,19H2,1-3H3/p+1/t20?,22?,29-,42?/m1/s1. The summed E-state index contributed by atoms with van der Waals surface area (Å²) in [7, 11) is 1.22. The lowest BCUT2D eigenvalue weighted by molar-refractivity contribution is -0.945. The Kier molecular flexibility index (Phi) is 7.85. The van der Waals surface area contributed by atoms with Crippen molar-refractivity contribution in [3.8, 4) is 6.07 Å². The summed E-state index contributed by atoms with van der Waals surface area (Å²) in [5, 5.41) is 16.4. The third-order valence-electron chi connectivity index (χ3n) is 9.85. The maximum atomic E-state index is 13.7. The van der Waals surface area contributed by atoms with Gasteiger partial charge in [-0.2, -0.15) is 18.4 Å². The monoisotopic (exact) mass is 621 g/mol. The maximum Gasteiger partial charge on any atom is 0.416 e. The van der Waals surface area contributed by atoms with E-state index < -0.39 is 29.4 Å². The number of ether oxygens (including phenoxy) is 1. The van der Waals surface area contributed by atoms with E-state index in [-0.39, 0.29) is 28.8 Å². The first-order valence-corrected chi connectivity index (χ1v) is 15.3. The molecule has 4 aliphatic rings. The number of nitriles is 1. The Morgan fingerprint density at radius 2 is 1.89 bits per heavy atom. The molecule has 0 spiro atoms. The van der Waals surface area contributed by atoms with Gasteiger partial charge in [0.15, 0.2) is 0 Å². The Balaban J connectivity index is 1.47. The first kappa shape index (κ1) is 30.6. The second kappa shape index (κ2) is 11.5. The zero-order valence-corrected chi connectivity index (χ0v) is 25.5. The molecule has 0 aliphatic carbocycles. The van der Waals surface area contributed by atoms with Crippen LogP contribution < -0.4 is 10.6 Å². The quantitative estimate of drug-likeness (QED) is 0.278. The zero-order chi connectivity index (χ0) is 32.1. The number of halogens is 3. The van der Waals surface area contributed by atoms with Crippen LogP contribution in [0.2, 0.25) is 0 Å². The molecule has 2 bridgehead atoms. The number of esters is 1. The molecule has 4 aliphatic heterocycles. The number of anilines is 2. The number of benzene rings is 2. The van der Waals surface area contributed by atoms with Crippen molar-refractivity contribution in [2.24, 2.45) is 11.8 Å². The van der Waals surface area contributed by atoms with Crippen LogP contribution in [-0.4, -0.2) is 58.5 Å². The minimum atomic E-state index is -4.61. The second-order valence-corrected chi connectivity index (χ2v) is 12.7. The molecule has 3 saturated heterocycles. The molecule has 1 N–H and O–H groups in total. The number of nitrogens with zero attached hydrogens (tertiary/aromatic N) is 5. The summed E-state index contributed by atoms with van der Waals surface area (Å²) >= 11 is 0. The normalized spacial score (nSPS) is 23.4. The summed E-state index contributed by atoms with van der Waals surface area (Å²) in [6.45, 7) is 8.32. The molecule has 3 fully saturated rings. The molecule has 1 aromatic heterocycles. The molecular formula is C33H36F3N6O3+. The van der Waals surface area contributed by atoms with Gasteiger partial charge in [0.1, 0.15) is 6.04 Å². The van der Waals surface area contributed by atoms with Gasteiger partial charge in [-0.15, -0.1) is 5.10 Å². The lowest BCUT2D eigenvalue weighted by Gasteiger charge is -2.50. The molecule has 5 heterocycles. The fourth-order valence-electron chi connectivity index (χ4n) is 7.71. The highest BCUT2D eigenvalue weighted by atomic mass is 19.4. The minimum Gasteiger partial charge on any atom is -0.466 e. The van der Waals surface area contributed by atoms with Crippen LogP contribution in [0.15, 0.2) is 58.5 Å². The predicted molar refractivity (Wildman–Crippen MR) is 160 cm³/mol. The van der Waals surface area contributed by atoms with Crippen LogP contribution in [0.3, 0.4) is 0 Å². The van der Waals surface area contributed by atoms with E-state index in [0.29, 0.717) is 17.5 Å². The summed E-state index contributed by atoms with van der Waals surface area (Å²) in [5.41, 5.74) is 0.817. The number of hydrogen-bond acceptors (Lipinski definition) is 6. The van der Waals surface area contributed by atoms with Gasteiger partial charge in [-0.25, -0.2) is 19.3 Å². The average Bonchev–Trinajstić information content (AvgIpc) is 3.40. The van der Waals surface area contributed by atoms with Crippen molar-refractivity contribution in [3.63, 3.8) is 0 Å². The summed E-state index contributed by atoms with van der Waals surface area (Å²) in [6.07, 6.45) is -0.232. The van der Waals surface area contributed by atoms with Crippen LogP contribution in [0.4, 0.5) is 24.8 Å². The molecule has 2 atom stereocenters. The number of aromatic amines is 1. The number of nitrogens with one attached hydrogen (secondary N) is 1. The number of allylic oxidation sites excluding steroid dienone is 1. The van der Waals surface area contributed by atoms with E-state index in [0.717, 1.165) is 34.6 Å². The molecule has 0 radical (unpaired) electrons. The van der Waals surface area contributed by atoms with Crippen LogP contribution >= 0.6 is 0 Å². The summed E-state index contributed by atoms with van der Waals surface area (Å²) in [4.78, 5) is 28.3. The van der Waals surface area contributed by atoms with E-state index >= 15 is 0 Å². The van der Waals surface area contributed by atoms with E-state index in [1.807, 2.05) is 6.07 Å². The van der Waals surface area contributed by atoms with Gasteiger partial charge in [0.05, 0.1) is 56.1 Å². The molecule has 236 valence electrons. The number of carbonyl (C=O) groups excluding carboxylic acids is 1. The van der Waals surface area contributed by atoms with Crippen molar-refractivity contribution < 1.29 is 27.2 Å². The number of rotatable bonds is 7. The number of aromatic nitrogens is 3. The number of piperidine rings is 3. The fourth-order valence-corrected chi connectivity index (χ4v) is 7.71. The van der Waals surface area contributed by atoms with Crippen molar-refractivity contribution in [1.29, 1.82) is 5.26 Å². The van der Waals surface area contributed by atoms with Gasteiger partial charge in [-0.1, -0.05) is 19.1 Å². The Bertz CT molecular complexity index is 1750. The molecule has 45 heavy (non-hydrogen) atoms. The number of H-pyrrole nitrogens is 1. The Morgan fingerprint density at radius 3 is 2.53 bits per heavy atom. The van der Waals surface area contributed by atoms with Crippen molar-refractivity contribution in [2.45, 2.75) is 51.7 Å². The molecule has 12 heteroatoms. The molecular weight excluding hydrogens is 585 g/mol. The lowest BCUT2D eigenvalue weighted by Crippen LogP contribution is -2.59. The fraction of sp³-hybridized carbons (Fsp3) is 0.455. The molecule has 0 saturated carbocycles. The van der Waals surface area contributed by atoms with Gasteiger partial charge in [-0.05, 0) is 80.0 Å². The largest absolute Gasteiger partial charge is 0.466 e. The van der Waals surface area contributed by atoms with Gasteiger partial charge in [0.2, 0.25) is 5.95 Å². The number of hydrogen-bond donors (Lipinski definition) is 1. The predicted octanol–water partition coefficient (Wildman–Crippen LogP) is 5.46. The van der Waals surface area contributed by atoms with Crippen molar-refractivity contribution in [3.05, 3.63) is 86.5 Å². The topological polar surface area (TPSA) is 104 Å². The number of fused-ring (bicyclic) bond motifs is 4. The van der Waals surface area contributed by atoms with E-state index in [2.05, 4.69) is 23.2 Å². The van der Waals surface area contributed by atoms with E-state index in [1.54, 1.807) is 19.1 Å². The summed E-state index contributed by atoms with van der Waals surface area (Å²) in [6, 6.07) is 11.1. The lowest BCUT2D eigenvalue weighted by atomic mass is 9.83. The van der Waals surface area contributed by atoms with Crippen LogP contribution in [0.5, 0.6) is 0 Å². The number of carbonyl (C=O) groups is 1. The maximum absolute atomic E-state index is 13.7. The average molecular weight is 622 g/mol. The van der Waals surface area contributed by atoms with Gasteiger partial charge in [-0.3, -0.25) is 4.90 Å². The molecule has 2 aromatic carbocycles. The molecule has 7 rings (SSSR count). The SMILES string of the molecule is COC(=O)C1=C(C)N(c2cccc(C(F)(F)F)c2)c2n[nH]c(=O)n2[C@@H]1c1ccc(C#N)cc1CC(C)C[N+]12CCC(CC1)CC2. The molecule has 9 nitrogen and oxygen atoms in total. The van der Waals surface area contributed by atoms with E-state index in [4.69, 9.17) is 4.74 Å². The zero-order valence-electron chi connectivity index (χ0n) is 25.5. The number of methoxy groups -OCH3 is 1. The highest BCUT2D eigenvalue weighted by molar-refractivity contribution is 5.93. The van der Waals surface area contributed by atoms with Crippen molar-refractivity contribution >= 4 is 17.6 Å². The second-order valence-electron chi connectivity index (χ2n) is 12.7. The van der Waals surface area contributed by atoms with Crippen molar-refractivity contribution in [1.82, 2.24) is 14.8 Å². The van der Waals surface area contributed by atoms with Gasteiger partial charge >= 0.3 is 17.8 Å². The van der Waals surface area contributed by atoms with E-state index in [1.165, 1.54) is 67.6 Å². The first-order valence-electron chi connectivity index (χ1n) is 15.3. The number of quaternary nitrogens is 1. The summed E-state index contributed by atoms with van der Waals surface area (Å²) < 4.78 is 48.6. The smallest absolute Gasteiger partial charge is 0.416 e. The van der Waals surface area contributed by atoms with Gasteiger partial charge in [0, 0.05) is 17.3 Å². The van der Waals surface area contributed by atoms with Crippen LogP contribution in [-0.2, 0) is 22.1 Å². The van der Waals surface area contributed by atoms with Crippen molar-refractivity contribution in [2.75, 3.05) is 38.2 Å². The Hall–Kier alpha value is -4.37.